The van der Waals surface area contributed by atoms with E-state index in [0.717, 1.165) is 19.6 Å². The van der Waals surface area contributed by atoms with Gasteiger partial charge in [-0.1, -0.05) is 6.92 Å². The van der Waals surface area contributed by atoms with Gasteiger partial charge in [0.2, 0.25) is 10.0 Å². The average molecular weight is 533 g/mol. The zero-order valence-corrected chi connectivity index (χ0v) is 22.8. The van der Waals surface area contributed by atoms with Crippen molar-refractivity contribution >= 4 is 21.6 Å². The maximum Gasteiger partial charge on any atom is 0.254 e. The van der Waals surface area contributed by atoms with Gasteiger partial charge in [0.05, 0.1) is 31.9 Å². The molecule has 0 N–H and O–H groups in total. The standard InChI is InChI=1S/C26H36N4O6S/c1-5-27-8-14-30(15-9-27)37(32,33)23-6-7-25(36-4)24(19-23)28-10-12-29(13-11-28)26(31)20-16-21(34-2)18-22(17-20)35-3/h6-7,16-19H,5,8-15H2,1-4H3. The van der Waals surface area contributed by atoms with Crippen LogP contribution in [0, 0.1) is 0 Å². The first-order valence-corrected chi connectivity index (χ1v) is 13.9. The molecule has 0 spiro atoms. The Morgan fingerprint density at radius 1 is 0.811 bits per heavy atom. The Bertz CT molecular complexity index is 1180. The molecule has 0 bridgehead atoms. The van der Waals surface area contributed by atoms with Gasteiger partial charge in [-0.25, -0.2) is 8.42 Å². The number of benzene rings is 2. The van der Waals surface area contributed by atoms with Crippen molar-refractivity contribution in [2.75, 3.05) is 85.1 Å². The lowest BCUT2D eigenvalue weighted by atomic mass is 10.1. The zero-order chi connectivity index (χ0) is 26.6. The second-order valence-corrected chi connectivity index (χ2v) is 11.0. The molecule has 11 heteroatoms. The summed E-state index contributed by atoms with van der Waals surface area (Å²) < 4.78 is 44.5. The van der Waals surface area contributed by atoms with Crippen LogP contribution in [0.2, 0.25) is 0 Å². The Hall–Kier alpha value is -3.02. The zero-order valence-electron chi connectivity index (χ0n) is 22.0. The van der Waals surface area contributed by atoms with Crippen molar-refractivity contribution in [3.05, 3.63) is 42.0 Å². The van der Waals surface area contributed by atoms with E-state index in [1.54, 1.807) is 66.9 Å². The Balaban J connectivity index is 1.49. The predicted octanol–water partition coefficient (Wildman–Crippen LogP) is 2.00. The van der Waals surface area contributed by atoms with Crippen molar-refractivity contribution in [3.63, 3.8) is 0 Å². The van der Waals surface area contributed by atoms with Crippen LogP contribution in [0.1, 0.15) is 17.3 Å². The van der Waals surface area contributed by atoms with E-state index < -0.39 is 10.0 Å². The van der Waals surface area contributed by atoms with Crippen molar-refractivity contribution < 1.29 is 27.4 Å². The molecule has 2 saturated heterocycles. The van der Waals surface area contributed by atoms with Crippen LogP contribution < -0.4 is 19.1 Å². The maximum absolute atomic E-state index is 13.4. The monoisotopic (exact) mass is 532 g/mol. The molecular weight excluding hydrogens is 496 g/mol. The van der Waals surface area contributed by atoms with Crippen LogP contribution in [0.15, 0.2) is 41.3 Å². The van der Waals surface area contributed by atoms with Crippen molar-refractivity contribution in [2.24, 2.45) is 0 Å². The summed E-state index contributed by atoms with van der Waals surface area (Å²) in [6.07, 6.45) is 0. The summed E-state index contributed by atoms with van der Waals surface area (Å²) in [6.45, 7) is 7.47. The van der Waals surface area contributed by atoms with E-state index in [2.05, 4.69) is 16.7 Å². The number of nitrogens with zero attached hydrogens (tertiary/aromatic N) is 4. The lowest BCUT2D eigenvalue weighted by molar-refractivity contribution is 0.0746. The first-order chi connectivity index (χ1) is 17.8. The quantitative estimate of drug-likeness (QED) is 0.510. The fourth-order valence-electron chi connectivity index (χ4n) is 4.78. The highest BCUT2D eigenvalue weighted by Gasteiger charge is 2.30. The summed E-state index contributed by atoms with van der Waals surface area (Å²) in [4.78, 5) is 19.5. The summed E-state index contributed by atoms with van der Waals surface area (Å²) in [5.74, 6) is 1.61. The number of anilines is 1. The van der Waals surface area contributed by atoms with Gasteiger partial charge in [-0.2, -0.15) is 4.31 Å². The fourth-order valence-corrected chi connectivity index (χ4v) is 6.22. The molecule has 2 fully saturated rings. The number of likely N-dealkylation sites (N-methyl/N-ethyl adjacent to an activating group) is 1. The lowest BCUT2D eigenvalue weighted by Gasteiger charge is -2.37. The fraction of sp³-hybridized carbons (Fsp3) is 0.500. The van der Waals surface area contributed by atoms with Gasteiger partial charge < -0.3 is 28.9 Å². The van der Waals surface area contributed by atoms with Crippen molar-refractivity contribution in [1.29, 1.82) is 0 Å². The molecule has 2 aromatic rings. The predicted molar refractivity (Wildman–Crippen MR) is 142 cm³/mol. The Morgan fingerprint density at radius 3 is 1.97 bits per heavy atom. The summed E-state index contributed by atoms with van der Waals surface area (Å²) in [6, 6.07) is 10.2. The number of sulfonamides is 1. The third kappa shape index (κ3) is 5.78. The normalized spacial score (nSPS) is 17.5. The second kappa shape index (κ2) is 11.6. The summed E-state index contributed by atoms with van der Waals surface area (Å²) in [7, 11) is 1.06. The minimum atomic E-state index is -3.62. The number of carbonyl (C=O) groups is 1. The molecule has 202 valence electrons. The van der Waals surface area contributed by atoms with Crippen LogP contribution in [0.3, 0.4) is 0 Å². The molecule has 0 atom stereocenters. The van der Waals surface area contributed by atoms with Gasteiger partial charge in [0, 0.05) is 64.0 Å². The number of carbonyl (C=O) groups excluding carboxylic acids is 1. The highest BCUT2D eigenvalue weighted by atomic mass is 32.2. The number of hydrogen-bond acceptors (Lipinski definition) is 8. The number of ether oxygens (including phenoxy) is 3. The van der Waals surface area contributed by atoms with Crippen molar-refractivity contribution in [2.45, 2.75) is 11.8 Å². The van der Waals surface area contributed by atoms with Crippen molar-refractivity contribution in [3.8, 4) is 17.2 Å². The molecule has 2 aromatic carbocycles. The lowest BCUT2D eigenvalue weighted by Crippen LogP contribution is -2.49. The first kappa shape index (κ1) is 27.0. The van der Waals surface area contributed by atoms with Gasteiger partial charge in [0.15, 0.2) is 0 Å². The molecule has 0 aromatic heterocycles. The Morgan fingerprint density at radius 2 is 1.43 bits per heavy atom. The molecule has 2 heterocycles. The second-order valence-electron chi connectivity index (χ2n) is 9.05. The third-order valence-electron chi connectivity index (χ3n) is 7.07. The number of piperazine rings is 2. The summed E-state index contributed by atoms with van der Waals surface area (Å²) in [5, 5.41) is 0. The van der Waals surface area contributed by atoms with E-state index in [1.807, 2.05) is 0 Å². The van der Waals surface area contributed by atoms with Gasteiger partial charge >= 0.3 is 0 Å². The van der Waals surface area contributed by atoms with E-state index >= 15 is 0 Å². The SMILES string of the molecule is CCN1CCN(S(=O)(=O)c2ccc(OC)c(N3CCN(C(=O)c4cc(OC)cc(OC)c4)CC3)c2)CC1. The van der Waals surface area contributed by atoms with E-state index in [0.29, 0.717) is 67.8 Å². The minimum Gasteiger partial charge on any atom is -0.497 e. The minimum absolute atomic E-state index is 0.105. The van der Waals surface area contributed by atoms with Crippen LogP contribution in [-0.4, -0.2) is 109 Å². The van der Waals surface area contributed by atoms with Gasteiger partial charge in [-0.15, -0.1) is 0 Å². The number of methoxy groups -OCH3 is 3. The average Bonchev–Trinajstić information content (AvgIpc) is 2.96. The van der Waals surface area contributed by atoms with Gasteiger partial charge in [-0.3, -0.25) is 4.79 Å². The van der Waals surface area contributed by atoms with Crippen LogP contribution >= 0.6 is 0 Å². The molecule has 2 aliphatic heterocycles. The molecule has 37 heavy (non-hydrogen) atoms. The summed E-state index contributed by atoms with van der Waals surface area (Å²) >= 11 is 0. The molecule has 0 unspecified atom stereocenters. The largest absolute Gasteiger partial charge is 0.497 e. The first-order valence-electron chi connectivity index (χ1n) is 12.5. The smallest absolute Gasteiger partial charge is 0.254 e. The number of amides is 1. The molecule has 0 aliphatic carbocycles. The molecular formula is C26H36N4O6S. The van der Waals surface area contributed by atoms with E-state index in [-0.39, 0.29) is 10.8 Å². The van der Waals surface area contributed by atoms with E-state index in [9.17, 15) is 13.2 Å². The topological polar surface area (TPSA) is 91.9 Å². The van der Waals surface area contributed by atoms with E-state index in [4.69, 9.17) is 14.2 Å². The van der Waals surface area contributed by atoms with Crippen LogP contribution in [0.4, 0.5) is 5.69 Å². The number of hydrogen-bond donors (Lipinski definition) is 0. The molecule has 10 nitrogen and oxygen atoms in total. The highest BCUT2D eigenvalue weighted by Crippen LogP contribution is 2.33. The molecule has 0 saturated carbocycles. The van der Waals surface area contributed by atoms with Gasteiger partial charge in [-0.05, 0) is 36.9 Å². The van der Waals surface area contributed by atoms with E-state index in [1.165, 1.54) is 0 Å². The third-order valence-corrected chi connectivity index (χ3v) is 8.97. The molecule has 4 rings (SSSR count). The molecule has 0 radical (unpaired) electrons. The van der Waals surface area contributed by atoms with Crippen molar-refractivity contribution in [1.82, 2.24) is 14.1 Å². The van der Waals surface area contributed by atoms with Crippen LogP contribution in [0.25, 0.3) is 0 Å². The highest BCUT2D eigenvalue weighted by molar-refractivity contribution is 7.89. The number of rotatable bonds is 8. The van der Waals surface area contributed by atoms with Gasteiger partial charge in [0.1, 0.15) is 17.2 Å². The maximum atomic E-state index is 13.4. The van der Waals surface area contributed by atoms with Gasteiger partial charge in [0.25, 0.3) is 5.91 Å². The van der Waals surface area contributed by atoms with Crippen LogP contribution in [-0.2, 0) is 10.0 Å². The van der Waals surface area contributed by atoms with Crippen LogP contribution in [0.5, 0.6) is 17.2 Å². The molecule has 1 amide bonds. The Kier molecular flexibility index (Phi) is 8.46. The molecule has 2 aliphatic rings. The summed E-state index contributed by atoms with van der Waals surface area (Å²) in [5.41, 5.74) is 1.21. The Labute approximate surface area is 219 Å².